The van der Waals surface area contributed by atoms with Crippen LogP contribution in [0, 0.1) is 0 Å². The fraction of sp³-hybridized carbons (Fsp3) is 0.300. The minimum Gasteiger partial charge on any atom is -0.388 e. The van der Waals surface area contributed by atoms with Gasteiger partial charge in [0.05, 0.1) is 30.1 Å². The van der Waals surface area contributed by atoms with Crippen LogP contribution in [0.15, 0.2) is 58.3 Å². The minimum absolute atomic E-state index is 0.0719. The van der Waals surface area contributed by atoms with E-state index in [9.17, 15) is 24.6 Å². The highest BCUT2D eigenvalue weighted by Gasteiger charge is 2.39. The van der Waals surface area contributed by atoms with Crippen LogP contribution >= 0.6 is 0 Å². The predicted molar refractivity (Wildman–Crippen MR) is 106 cm³/mol. The lowest BCUT2D eigenvalue weighted by molar-refractivity contribution is -0.152. The summed E-state index contributed by atoms with van der Waals surface area (Å²) in [6.07, 6.45) is -2.14. The Morgan fingerprint density at radius 3 is 2.70 bits per heavy atom. The monoisotopic (exact) mass is 412 g/mol. The first-order valence-corrected chi connectivity index (χ1v) is 9.37. The lowest BCUT2D eigenvalue weighted by atomic mass is 9.97. The first-order chi connectivity index (χ1) is 14.5. The largest absolute Gasteiger partial charge is 0.388 e. The summed E-state index contributed by atoms with van der Waals surface area (Å²) in [5, 5.41) is 24.0. The van der Waals surface area contributed by atoms with Crippen molar-refractivity contribution in [3.63, 3.8) is 0 Å². The third kappa shape index (κ3) is 3.75. The van der Waals surface area contributed by atoms with Crippen LogP contribution in [-0.4, -0.2) is 61.6 Å². The van der Waals surface area contributed by atoms with E-state index >= 15 is 0 Å². The number of aromatic amines is 1. The number of H-pyrrole nitrogens is 1. The number of aliphatic hydroxyl groups is 2. The molecule has 4 N–H and O–H groups in total. The van der Waals surface area contributed by atoms with Gasteiger partial charge in [-0.25, -0.2) is 4.79 Å². The van der Waals surface area contributed by atoms with Gasteiger partial charge in [0.1, 0.15) is 24.0 Å². The number of ether oxygens (including phenoxy) is 1. The maximum atomic E-state index is 12.3. The van der Waals surface area contributed by atoms with Crippen LogP contribution in [0.25, 0.3) is 10.9 Å². The van der Waals surface area contributed by atoms with Crippen molar-refractivity contribution in [1.29, 1.82) is 0 Å². The van der Waals surface area contributed by atoms with Crippen molar-refractivity contribution >= 4 is 16.8 Å². The van der Waals surface area contributed by atoms with Crippen molar-refractivity contribution in [2.24, 2.45) is 0 Å². The highest BCUT2D eigenvalue weighted by molar-refractivity contribution is 5.92. The summed E-state index contributed by atoms with van der Waals surface area (Å²) >= 11 is 0. The van der Waals surface area contributed by atoms with E-state index < -0.39 is 41.5 Å². The SMILES string of the molecule is O=C(N[C@@H]1CO[C@H](Cn2c(=O)[nH]c(=O)c3ccccc32)[C@@H](O)[C@H]1O)c1ccccn1. The molecule has 3 aromatic rings. The van der Waals surface area contributed by atoms with E-state index in [-0.39, 0.29) is 18.8 Å². The van der Waals surface area contributed by atoms with E-state index in [0.717, 1.165) is 0 Å². The first-order valence-electron chi connectivity index (χ1n) is 9.37. The number of aromatic nitrogens is 3. The number of carbonyl (C=O) groups is 1. The number of benzene rings is 1. The van der Waals surface area contributed by atoms with Gasteiger partial charge in [-0.3, -0.25) is 24.1 Å². The van der Waals surface area contributed by atoms with Gasteiger partial charge in [0, 0.05) is 6.20 Å². The molecule has 0 saturated carbocycles. The predicted octanol–water partition coefficient (Wildman–Crippen LogP) is -0.996. The third-order valence-electron chi connectivity index (χ3n) is 5.11. The summed E-state index contributed by atoms with van der Waals surface area (Å²) in [6, 6.07) is 10.6. The first kappa shape index (κ1) is 20.0. The molecule has 1 aliphatic heterocycles. The van der Waals surface area contributed by atoms with Crippen molar-refractivity contribution in [2.75, 3.05) is 6.61 Å². The van der Waals surface area contributed by atoms with E-state index in [4.69, 9.17) is 4.74 Å². The molecule has 0 unspecified atom stereocenters. The van der Waals surface area contributed by atoms with Crippen molar-refractivity contribution in [2.45, 2.75) is 30.9 Å². The molecule has 10 heteroatoms. The lowest BCUT2D eigenvalue weighted by Gasteiger charge is -2.38. The van der Waals surface area contributed by atoms with Gasteiger partial charge in [0.25, 0.3) is 11.5 Å². The molecule has 30 heavy (non-hydrogen) atoms. The fourth-order valence-electron chi connectivity index (χ4n) is 3.51. The summed E-state index contributed by atoms with van der Waals surface area (Å²) < 4.78 is 6.93. The number of rotatable bonds is 4. The van der Waals surface area contributed by atoms with Crippen LogP contribution in [0.5, 0.6) is 0 Å². The zero-order valence-corrected chi connectivity index (χ0v) is 15.8. The molecule has 1 aliphatic rings. The average Bonchev–Trinajstić information content (AvgIpc) is 2.76. The number of hydrogen-bond donors (Lipinski definition) is 4. The number of carbonyl (C=O) groups excluding carboxylic acids is 1. The molecule has 10 nitrogen and oxygen atoms in total. The molecule has 4 rings (SSSR count). The molecule has 1 amide bonds. The van der Waals surface area contributed by atoms with Crippen LogP contribution in [0.1, 0.15) is 10.5 Å². The average molecular weight is 412 g/mol. The van der Waals surface area contributed by atoms with Crippen LogP contribution in [0.3, 0.4) is 0 Å². The smallest absolute Gasteiger partial charge is 0.328 e. The number of amides is 1. The maximum absolute atomic E-state index is 12.3. The van der Waals surface area contributed by atoms with Gasteiger partial charge in [0.15, 0.2) is 0 Å². The Balaban J connectivity index is 1.51. The molecule has 1 aromatic carbocycles. The molecule has 156 valence electrons. The second kappa shape index (κ2) is 8.19. The number of fused-ring (bicyclic) bond motifs is 1. The van der Waals surface area contributed by atoms with E-state index in [1.165, 1.54) is 16.8 Å². The second-order valence-corrected chi connectivity index (χ2v) is 7.03. The Labute approximate surface area is 169 Å². The Morgan fingerprint density at radius 1 is 1.17 bits per heavy atom. The summed E-state index contributed by atoms with van der Waals surface area (Å²) in [5.41, 5.74) is -0.585. The van der Waals surface area contributed by atoms with Crippen LogP contribution in [0.4, 0.5) is 0 Å². The molecular formula is C20H20N4O6. The fourth-order valence-corrected chi connectivity index (χ4v) is 3.51. The molecular weight excluding hydrogens is 392 g/mol. The van der Waals surface area contributed by atoms with Gasteiger partial charge in [-0.2, -0.15) is 0 Å². The number of aliphatic hydroxyl groups excluding tert-OH is 2. The zero-order valence-electron chi connectivity index (χ0n) is 15.8. The van der Waals surface area contributed by atoms with Crippen LogP contribution < -0.4 is 16.6 Å². The number of para-hydroxylation sites is 1. The Hall–Kier alpha value is -3.34. The zero-order chi connectivity index (χ0) is 21.3. The van der Waals surface area contributed by atoms with Gasteiger partial charge in [-0.1, -0.05) is 18.2 Å². The van der Waals surface area contributed by atoms with Crippen molar-refractivity contribution < 1.29 is 19.7 Å². The summed E-state index contributed by atoms with van der Waals surface area (Å²) in [4.78, 5) is 42.8. The second-order valence-electron chi connectivity index (χ2n) is 7.03. The summed E-state index contributed by atoms with van der Waals surface area (Å²) in [6.45, 7) is -0.160. The van der Waals surface area contributed by atoms with Crippen LogP contribution in [-0.2, 0) is 11.3 Å². The van der Waals surface area contributed by atoms with Gasteiger partial charge in [-0.05, 0) is 24.3 Å². The normalized spacial score (nSPS) is 23.9. The third-order valence-corrected chi connectivity index (χ3v) is 5.11. The molecule has 1 saturated heterocycles. The molecule has 1 fully saturated rings. The number of hydrogen-bond acceptors (Lipinski definition) is 7. The summed E-state index contributed by atoms with van der Waals surface area (Å²) in [5.74, 6) is -0.503. The Kier molecular flexibility index (Phi) is 5.44. The summed E-state index contributed by atoms with van der Waals surface area (Å²) in [7, 11) is 0. The number of pyridine rings is 1. The van der Waals surface area contributed by atoms with E-state index in [0.29, 0.717) is 10.9 Å². The van der Waals surface area contributed by atoms with E-state index in [2.05, 4.69) is 15.3 Å². The molecule has 4 atom stereocenters. The standard InChI is InChI=1S/C20H20N4O6/c25-16-13(22-19(28)12-6-3-4-8-21-12)10-30-15(17(16)26)9-24-14-7-2-1-5-11(14)18(27)23-20(24)29/h1-8,13,15-17,25-26H,9-10H2,(H,22,28)(H,23,27,29)/t13-,15-,16+,17-/m1/s1. The van der Waals surface area contributed by atoms with E-state index in [1.54, 1.807) is 36.4 Å². The van der Waals surface area contributed by atoms with Crippen LogP contribution in [0.2, 0.25) is 0 Å². The molecule has 0 bridgehead atoms. The van der Waals surface area contributed by atoms with Gasteiger partial charge >= 0.3 is 5.69 Å². The quantitative estimate of drug-likeness (QED) is 0.430. The Morgan fingerprint density at radius 2 is 1.93 bits per heavy atom. The Bertz CT molecular complexity index is 1180. The maximum Gasteiger partial charge on any atom is 0.328 e. The van der Waals surface area contributed by atoms with Crippen molar-refractivity contribution in [3.8, 4) is 0 Å². The minimum atomic E-state index is -1.37. The molecule has 0 radical (unpaired) electrons. The lowest BCUT2D eigenvalue weighted by Crippen LogP contribution is -2.60. The molecule has 3 heterocycles. The number of nitrogens with zero attached hydrogens (tertiary/aromatic N) is 2. The highest BCUT2D eigenvalue weighted by Crippen LogP contribution is 2.18. The van der Waals surface area contributed by atoms with Crippen molar-refractivity contribution in [3.05, 3.63) is 75.2 Å². The van der Waals surface area contributed by atoms with Gasteiger partial charge < -0.3 is 20.3 Å². The van der Waals surface area contributed by atoms with Gasteiger partial charge in [0.2, 0.25) is 0 Å². The van der Waals surface area contributed by atoms with E-state index in [1.807, 2.05) is 0 Å². The topological polar surface area (TPSA) is 147 Å². The van der Waals surface area contributed by atoms with Gasteiger partial charge in [-0.15, -0.1) is 0 Å². The number of nitrogens with one attached hydrogen (secondary N) is 2. The molecule has 0 spiro atoms. The highest BCUT2D eigenvalue weighted by atomic mass is 16.5. The molecule has 2 aromatic heterocycles. The van der Waals surface area contributed by atoms with Crippen molar-refractivity contribution in [1.82, 2.24) is 19.9 Å². The molecule has 0 aliphatic carbocycles.